The number of furan rings is 1. The SMILES string of the molecule is NCCNC(=O)c1cc(C(F)(F)F)co1. The number of halogens is 3. The zero-order valence-corrected chi connectivity index (χ0v) is 7.60. The van der Waals surface area contributed by atoms with Crippen LogP contribution in [-0.2, 0) is 6.18 Å². The molecule has 0 unspecified atom stereocenters. The molecule has 1 aromatic rings. The van der Waals surface area contributed by atoms with Crippen molar-refractivity contribution in [3.63, 3.8) is 0 Å². The van der Waals surface area contributed by atoms with Gasteiger partial charge in [0.15, 0.2) is 5.76 Å². The van der Waals surface area contributed by atoms with Crippen LogP contribution in [0.3, 0.4) is 0 Å². The number of amides is 1. The van der Waals surface area contributed by atoms with Crippen molar-refractivity contribution in [3.05, 3.63) is 23.7 Å². The van der Waals surface area contributed by atoms with Gasteiger partial charge in [0.25, 0.3) is 5.91 Å². The number of carbonyl (C=O) groups excluding carboxylic acids is 1. The Bertz CT molecular complexity index is 346. The minimum absolute atomic E-state index is 0.181. The van der Waals surface area contributed by atoms with Gasteiger partial charge in [0, 0.05) is 19.2 Å². The topological polar surface area (TPSA) is 68.3 Å². The van der Waals surface area contributed by atoms with Crippen molar-refractivity contribution >= 4 is 5.91 Å². The summed E-state index contributed by atoms with van der Waals surface area (Å²) >= 11 is 0. The molecule has 3 N–H and O–H groups in total. The van der Waals surface area contributed by atoms with Crippen LogP contribution in [0.25, 0.3) is 0 Å². The van der Waals surface area contributed by atoms with Crippen LogP contribution in [-0.4, -0.2) is 19.0 Å². The van der Waals surface area contributed by atoms with Gasteiger partial charge in [-0.3, -0.25) is 4.79 Å². The summed E-state index contributed by atoms with van der Waals surface area (Å²) in [7, 11) is 0. The van der Waals surface area contributed by atoms with E-state index in [0.717, 1.165) is 0 Å². The second-order valence-electron chi connectivity index (χ2n) is 2.74. The maximum atomic E-state index is 12.1. The van der Waals surface area contributed by atoms with Gasteiger partial charge < -0.3 is 15.5 Å². The monoisotopic (exact) mass is 222 g/mol. The van der Waals surface area contributed by atoms with E-state index in [0.29, 0.717) is 12.3 Å². The maximum Gasteiger partial charge on any atom is 0.419 e. The lowest BCUT2D eigenvalue weighted by molar-refractivity contribution is -0.137. The van der Waals surface area contributed by atoms with E-state index in [1.165, 1.54) is 0 Å². The summed E-state index contributed by atoms with van der Waals surface area (Å²) in [5.74, 6) is -1.09. The van der Waals surface area contributed by atoms with Crippen molar-refractivity contribution in [1.82, 2.24) is 5.32 Å². The Hall–Kier alpha value is -1.50. The van der Waals surface area contributed by atoms with Crippen LogP contribution in [0.5, 0.6) is 0 Å². The number of hydrogen-bond donors (Lipinski definition) is 2. The molecular formula is C8H9F3N2O2. The van der Waals surface area contributed by atoms with E-state index in [1.807, 2.05) is 0 Å². The Labute approximate surface area is 83.2 Å². The third kappa shape index (κ3) is 2.98. The van der Waals surface area contributed by atoms with Crippen molar-refractivity contribution in [2.45, 2.75) is 6.18 Å². The van der Waals surface area contributed by atoms with Crippen molar-refractivity contribution in [2.75, 3.05) is 13.1 Å². The zero-order chi connectivity index (χ0) is 11.5. The summed E-state index contributed by atoms with van der Waals surface area (Å²) in [5, 5.41) is 2.29. The standard InChI is InChI=1S/C8H9F3N2O2/c9-8(10,11)5-3-6(15-4-5)7(14)13-2-1-12/h3-4H,1-2,12H2,(H,13,14). The van der Waals surface area contributed by atoms with Crippen molar-refractivity contribution < 1.29 is 22.4 Å². The Morgan fingerprint density at radius 1 is 1.53 bits per heavy atom. The fraction of sp³-hybridized carbons (Fsp3) is 0.375. The number of rotatable bonds is 3. The first kappa shape index (κ1) is 11.6. The highest BCUT2D eigenvalue weighted by atomic mass is 19.4. The number of hydrogen-bond acceptors (Lipinski definition) is 3. The summed E-state index contributed by atoms with van der Waals surface area (Å²) in [6.07, 6.45) is -4.01. The van der Waals surface area contributed by atoms with E-state index in [9.17, 15) is 18.0 Å². The van der Waals surface area contributed by atoms with Gasteiger partial charge in [0.05, 0.1) is 5.56 Å². The quantitative estimate of drug-likeness (QED) is 0.801. The molecule has 0 atom stereocenters. The fourth-order valence-corrected chi connectivity index (χ4v) is 0.877. The van der Waals surface area contributed by atoms with E-state index in [-0.39, 0.29) is 18.8 Å². The van der Waals surface area contributed by atoms with Crippen molar-refractivity contribution in [2.24, 2.45) is 5.73 Å². The second kappa shape index (κ2) is 4.35. The highest BCUT2D eigenvalue weighted by Gasteiger charge is 2.33. The molecule has 0 aliphatic rings. The first-order valence-electron chi connectivity index (χ1n) is 4.09. The Balaban J connectivity index is 2.72. The summed E-state index contributed by atoms with van der Waals surface area (Å²) in [5.41, 5.74) is 4.12. The largest absolute Gasteiger partial charge is 0.459 e. The average molecular weight is 222 g/mol. The molecule has 1 heterocycles. The molecule has 1 aromatic heterocycles. The molecule has 0 bridgehead atoms. The molecule has 0 saturated heterocycles. The van der Waals surface area contributed by atoms with E-state index in [4.69, 9.17) is 5.73 Å². The van der Waals surface area contributed by atoms with Gasteiger partial charge in [-0.1, -0.05) is 0 Å². The molecule has 0 aromatic carbocycles. The van der Waals surface area contributed by atoms with Crippen molar-refractivity contribution in [1.29, 1.82) is 0 Å². The van der Waals surface area contributed by atoms with Crippen LogP contribution in [0.2, 0.25) is 0 Å². The highest BCUT2D eigenvalue weighted by molar-refractivity contribution is 5.91. The Kier molecular flexibility index (Phi) is 3.35. The molecule has 7 heteroatoms. The van der Waals surface area contributed by atoms with Gasteiger partial charge in [-0.2, -0.15) is 13.2 Å². The predicted molar refractivity (Wildman–Crippen MR) is 45.1 cm³/mol. The zero-order valence-electron chi connectivity index (χ0n) is 7.60. The lowest BCUT2D eigenvalue weighted by atomic mass is 10.3. The van der Waals surface area contributed by atoms with Gasteiger partial charge in [-0.05, 0) is 0 Å². The number of nitrogens with two attached hydrogens (primary N) is 1. The molecule has 1 rings (SSSR count). The van der Waals surface area contributed by atoms with Gasteiger partial charge >= 0.3 is 6.18 Å². The minimum Gasteiger partial charge on any atom is -0.459 e. The number of carbonyl (C=O) groups is 1. The van der Waals surface area contributed by atoms with Gasteiger partial charge in [-0.25, -0.2) is 0 Å². The average Bonchev–Trinajstić information content (AvgIpc) is 2.62. The minimum atomic E-state index is -4.50. The van der Waals surface area contributed by atoms with E-state index < -0.39 is 17.6 Å². The summed E-state index contributed by atoms with van der Waals surface area (Å²) in [6, 6.07) is 0.645. The molecule has 0 spiro atoms. The van der Waals surface area contributed by atoms with Crippen LogP contribution in [0.15, 0.2) is 16.7 Å². The fourth-order valence-electron chi connectivity index (χ4n) is 0.877. The summed E-state index contributed by atoms with van der Waals surface area (Å²) in [6.45, 7) is 0.388. The molecule has 0 aliphatic heterocycles. The Morgan fingerprint density at radius 3 is 2.67 bits per heavy atom. The first-order chi connectivity index (χ1) is 6.95. The van der Waals surface area contributed by atoms with Crippen LogP contribution >= 0.6 is 0 Å². The molecule has 0 aliphatic carbocycles. The van der Waals surface area contributed by atoms with Crippen LogP contribution in [0, 0.1) is 0 Å². The van der Waals surface area contributed by atoms with Crippen molar-refractivity contribution in [3.8, 4) is 0 Å². The third-order valence-electron chi connectivity index (χ3n) is 1.58. The molecule has 84 valence electrons. The van der Waals surface area contributed by atoms with E-state index in [2.05, 4.69) is 9.73 Å². The highest BCUT2D eigenvalue weighted by Crippen LogP contribution is 2.30. The maximum absolute atomic E-state index is 12.1. The normalized spacial score (nSPS) is 11.5. The van der Waals surface area contributed by atoms with E-state index in [1.54, 1.807) is 0 Å². The van der Waals surface area contributed by atoms with Gasteiger partial charge in [0.1, 0.15) is 6.26 Å². The molecule has 0 saturated carbocycles. The number of nitrogens with one attached hydrogen (secondary N) is 1. The van der Waals surface area contributed by atoms with Gasteiger partial charge in [0.2, 0.25) is 0 Å². The molecule has 0 radical (unpaired) electrons. The van der Waals surface area contributed by atoms with E-state index >= 15 is 0 Å². The summed E-state index contributed by atoms with van der Waals surface area (Å²) < 4.78 is 40.8. The molecule has 4 nitrogen and oxygen atoms in total. The lowest BCUT2D eigenvalue weighted by Gasteiger charge is -2.00. The number of alkyl halides is 3. The van der Waals surface area contributed by atoms with Crippen LogP contribution in [0.1, 0.15) is 16.1 Å². The van der Waals surface area contributed by atoms with Crippen LogP contribution in [0.4, 0.5) is 13.2 Å². The molecular weight excluding hydrogens is 213 g/mol. The molecule has 15 heavy (non-hydrogen) atoms. The molecule has 0 fully saturated rings. The lowest BCUT2D eigenvalue weighted by Crippen LogP contribution is -2.28. The van der Waals surface area contributed by atoms with Crippen LogP contribution < -0.4 is 11.1 Å². The molecule has 1 amide bonds. The smallest absolute Gasteiger partial charge is 0.419 e. The third-order valence-corrected chi connectivity index (χ3v) is 1.58. The predicted octanol–water partition coefficient (Wildman–Crippen LogP) is 0.987. The second-order valence-corrected chi connectivity index (χ2v) is 2.74. The Morgan fingerprint density at radius 2 is 2.20 bits per heavy atom. The summed E-state index contributed by atoms with van der Waals surface area (Å²) in [4.78, 5) is 11.1. The van der Waals surface area contributed by atoms with Gasteiger partial charge in [-0.15, -0.1) is 0 Å². The first-order valence-corrected chi connectivity index (χ1v) is 4.09.